The molecule has 8 heteroatoms. The van der Waals surface area contributed by atoms with Gasteiger partial charge >= 0.3 is 6.18 Å². The third-order valence-electron chi connectivity index (χ3n) is 2.42. The minimum absolute atomic E-state index is 0.0706. The predicted octanol–water partition coefficient (Wildman–Crippen LogP) is 3.09. The van der Waals surface area contributed by atoms with Crippen LogP contribution in [0.2, 0.25) is 0 Å². The molecule has 0 aliphatic rings. The van der Waals surface area contributed by atoms with Gasteiger partial charge in [-0.1, -0.05) is 19.0 Å². The average Bonchev–Trinajstić information content (AvgIpc) is 2.36. The molecule has 0 aliphatic carbocycles. The standard InChI is InChI=1S/C11H14F3N3OS/c1-3-6(2)19-10-7(9(15)17-18)4-5-8(16-10)11(12,13)14/h4-6,18H,3H2,1-2H3,(H2,15,17). The normalized spacial score (nSPS) is 14.5. The van der Waals surface area contributed by atoms with E-state index in [0.29, 0.717) is 0 Å². The minimum atomic E-state index is -4.52. The van der Waals surface area contributed by atoms with E-state index in [0.717, 1.165) is 30.3 Å². The Labute approximate surface area is 112 Å². The molecule has 0 spiro atoms. The first kappa shape index (κ1) is 15.6. The van der Waals surface area contributed by atoms with Crippen LogP contribution >= 0.6 is 11.8 Å². The summed E-state index contributed by atoms with van der Waals surface area (Å²) in [7, 11) is 0. The molecule has 0 bridgehead atoms. The van der Waals surface area contributed by atoms with E-state index >= 15 is 0 Å². The number of hydrogen-bond donors (Lipinski definition) is 2. The summed E-state index contributed by atoms with van der Waals surface area (Å²) in [5.74, 6) is -0.257. The molecular formula is C11H14F3N3OS. The van der Waals surface area contributed by atoms with E-state index in [4.69, 9.17) is 10.9 Å². The summed E-state index contributed by atoms with van der Waals surface area (Å²) < 4.78 is 37.9. The zero-order chi connectivity index (χ0) is 14.6. The summed E-state index contributed by atoms with van der Waals surface area (Å²) in [5, 5.41) is 11.6. The largest absolute Gasteiger partial charge is 0.433 e. The van der Waals surface area contributed by atoms with Gasteiger partial charge in [0.1, 0.15) is 10.7 Å². The summed E-state index contributed by atoms with van der Waals surface area (Å²) in [4.78, 5) is 3.57. The van der Waals surface area contributed by atoms with Gasteiger partial charge in [-0.25, -0.2) is 4.98 Å². The molecule has 106 valence electrons. The fourth-order valence-electron chi connectivity index (χ4n) is 1.21. The first-order chi connectivity index (χ1) is 8.79. The highest BCUT2D eigenvalue weighted by Gasteiger charge is 2.33. The van der Waals surface area contributed by atoms with Crippen molar-refractivity contribution in [3.63, 3.8) is 0 Å². The van der Waals surface area contributed by atoms with Gasteiger partial charge in [-0.2, -0.15) is 13.2 Å². The van der Waals surface area contributed by atoms with Crippen LogP contribution in [-0.4, -0.2) is 21.3 Å². The van der Waals surface area contributed by atoms with E-state index in [1.807, 2.05) is 13.8 Å². The Hall–Kier alpha value is -1.44. The molecule has 1 aromatic heterocycles. The predicted molar refractivity (Wildman–Crippen MR) is 67.4 cm³/mol. The van der Waals surface area contributed by atoms with Gasteiger partial charge in [-0.05, 0) is 18.6 Å². The third kappa shape index (κ3) is 4.02. The van der Waals surface area contributed by atoms with Crippen molar-refractivity contribution in [1.82, 2.24) is 4.98 Å². The van der Waals surface area contributed by atoms with E-state index in [1.54, 1.807) is 0 Å². The van der Waals surface area contributed by atoms with Crippen LogP contribution in [0.1, 0.15) is 31.5 Å². The van der Waals surface area contributed by atoms with Crippen LogP contribution in [-0.2, 0) is 6.18 Å². The van der Waals surface area contributed by atoms with Crippen molar-refractivity contribution < 1.29 is 18.4 Å². The van der Waals surface area contributed by atoms with Crippen molar-refractivity contribution in [3.8, 4) is 0 Å². The van der Waals surface area contributed by atoms with Crippen LogP contribution in [0.4, 0.5) is 13.2 Å². The number of halogens is 3. The van der Waals surface area contributed by atoms with Gasteiger partial charge in [0.15, 0.2) is 5.84 Å². The van der Waals surface area contributed by atoms with Gasteiger partial charge in [-0.3, -0.25) is 0 Å². The number of amidine groups is 1. The molecule has 0 radical (unpaired) electrons. The molecule has 19 heavy (non-hydrogen) atoms. The number of hydrogen-bond acceptors (Lipinski definition) is 4. The fraction of sp³-hybridized carbons (Fsp3) is 0.455. The Kier molecular flexibility index (Phi) is 5.04. The lowest BCUT2D eigenvalue weighted by molar-refractivity contribution is -0.141. The summed E-state index contributed by atoms with van der Waals surface area (Å²) in [6, 6.07) is 1.98. The van der Waals surface area contributed by atoms with Crippen molar-refractivity contribution >= 4 is 17.6 Å². The summed E-state index contributed by atoms with van der Waals surface area (Å²) >= 11 is 1.16. The maximum atomic E-state index is 12.6. The quantitative estimate of drug-likeness (QED) is 0.294. The summed E-state index contributed by atoms with van der Waals surface area (Å²) in [6.07, 6.45) is -3.76. The summed E-state index contributed by atoms with van der Waals surface area (Å²) in [6.45, 7) is 3.77. The summed E-state index contributed by atoms with van der Waals surface area (Å²) in [5.41, 5.74) is 4.64. The lowest BCUT2D eigenvalue weighted by atomic mass is 10.2. The van der Waals surface area contributed by atoms with E-state index in [2.05, 4.69) is 10.1 Å². The highest BCUT2D eigenvalue weighted by molar-refractivity contribution is 7.99. The molecule has 4 nitrogen and oxygen atoms in total. The van der Waals surface area contributed by atoms with Gasteiger partial charge in [-0.15, -0.1) is 11.8 Å². The second-order valence-electron chi connectivity index (χ2n) is 3.87. The minimum Gasteiger partial charge on any atom is -0.409 e. The number of oxime groups is 1. The fourth-order valence-corrected chi connectivity index (χ4v) is 2.21. The maximum Gasteiger partial charge on any atom is 0.433 e. The molecule has 0 amide bonds. The third-order valence-corrected chi connectivity index (χ3v) is 3.69. The number of thioether (sulfide) groups is 1. The van der Waals surface area contributed by atoms with Crippen LogP contribution in [0, 0.1) is 0 Å². The second-order valence-corrected chi connectivity index (χ2v) is 5.30. The van der Waals surface area contributed by atoms with Gasteiger partial charge in [0.25, 0.3) is 0 Å². The molecule has 0 aliphatic heterocycles. The molecular weight excluding hydrogens is 279 g/mol. The molecule has 1 rings (SSSR count). The zero-order valence-electron chi connectivity index (χ0n) is 10.4. The average molecular weight is 293 g/mol. The number of alkyl halides is 3. The van der Waals surface area contributed by atoms with Crippen molar-refractivity contribution in [3.05, 3.63) is 23.4 Å². The van der Waals surface area contributed by atoms with Crippen LogP contribution in [0.3, 0.4) is 0 Å². The van der Waals surface area contributed by atoms with E-state index in [-0.39, 0.29) is 21.7 Å². The SMILES string of the molecule is CCC(C)Sc1nc(C(F)(F)F)ccc1C(N)=NO. The lowest BCUT2D eigenvalue weighted by Crippen LogP contribution is -2.18. The van der Waals surface area contributed by atoms with Crippen LogP contribution in [0.5, 0.6) is 0 Å². The van der Waals surface area contributed by atoms with Gasteiger partial charge in [0.2, 0.25) is 0 Å². The van der Waals surface area contributed by atoms with Crippen molar-refractivity contribution in [2.45, 2.75) is 36.7 Å². The van der Waals surface area contributed by atoms with E-state index in [1.165, 1.54) is 0 Å². The van der Waals surface area contributed by atoms with Crippen LogP contribution < -0.4 is 5.73 Å². The first-order valence-electron chi connectivity index (χ1n) is 5.52. The number of nitrogens with two attached hydrogens (primary N) is 1. The molecule has 1 heterocycles. The smallest absolute Gasteiger partial charge is 0.409 e. The molecule has 0 saturated heterocycles. The van der Waals surface area contributed by atoms with Crippen LogP contribution in [0.25, 0.3) is 0 Å². The topological polar surface area (TPSA) is 71.5 Å². The highest BCUT2D eigenvalue weighted by atomic mass is 32.2. The lowest BCUT2D eigenvalue weighted by Gasteiger charge is -2.14. The number of nitrogens with zero attached hydrogens (tertiary/aromatic N) is 2. The van der Waals surface area contributed by atoms with E-state index in [9.17, 15) is 13.2 Å². The molecule has 1 atom stereocenters. The zero-order valence-corrected chi connectivity index (χ0v) is 11.2. The van der Waals surface area contributed by atoms with Gasteiger partial charge < -0.3 is 10.9 Å². The molecule has 1 unspecified atom stereocenters. The number of pyridine rings is 1. The molecule has 3 N–H and O–H groups in total. The van der Waals surface area contributed by atoms with Gasteiger partial charge in [0, 0.05) is 5.25 Å². The van der Waals surface area contributed by atoms with Crippen molar-refractivity contribution in [1.29, 1.82) is 0 Å². The monoisotopic (exact) mass is 293 g/mol. The Morgan fingerprint density at radius 2 is 2.16 bits per heavy atom. The Morgan fingerprint density at radius 1 is 1.53 bits per heavy atom. The van der Waals surface area contributed by atoms with E-state index < -0.39 is 11.9 Å². The molecule has 0 aromatic carbocycles. The van der Waals surface area contributed by atoms with Crippen LogP contribution in [0.15, 0.2) is 22.3 Å². The van der Waals surface area contributed by atoms with Crippen molar-refractivity contribution in [2.75, 3.05) is 0 Å². The Balaban J connectivity index is 3.26. The first-order valence-corrected chi connectivity index (χ1v) is 6.40. The number of rotatable bonds is 4. The maximum absolute atomic E-state index is 12.6. The second kappa shape index (κ2) is 6.14. The molecule has 0 fully saturated rings. The van der Waals surface area contributed by atoms with Crippen molar-refractivity contribution in [2.24, 2.45) is 10.9 Å². The Bertz CT molecular complexity index is 477. The molecule has 1 aromatic rings. The Morgan fingerprint density at radius 3 is 2.63 bits per heavy atom. The van der Waals surface area contributed by atoms with Gasteiger partial charge in [0.05, 0.1) is 5.56 Å². The number of aromatic nitrogens is 1. The highest BCUT2D eigenvalue weighted by Crippen LogP contribution is 2.32. The molecule has 0 saturated carbocycles.